The highest BCUT2D eigenvalue weighted by Crippen LogP contribution is 2.48. The molecule has 2 unspecified atom stereocenters. The van der Waals surface area contributed by atoms with Crippen LogP contribution >= 0.6 is 7.75 Å². The number of nitrogens with zero attached hydrogens (tertiary/aromatic N) is 4. The largest absolute Gasteiger partial charge is 0.462 e. The zero-order valence-electron chi connectivity index (χ0n) is 22.5. The van der Waals surface area contributed by atoms with E-state index in [2.05, 4.69) is 15.2 Å². The molecule has 1 fully saturated rings. The summed E-state index contributed by atoms with van der Waals surface area (Å²) in [6.45, 7) is 5.68. The van der Waals surface area contributed by atoms with Gasteiger partial charge >= 0.3 is 13.7 Å². The van der Waals surface area contributed by atoms with Crippen molar-refractivity contribution in [2.75, 3.05) is 6.61 Å². The predicted octanol–water partition coefficient (Wildman–Crippen LogP) is 1.17. The first-order chi connectivity index (χ1) is 18.8. The average Bonchev–Trinajstić information content (AvgIpc) is 3.43. The Balaban J connectivity index is 1.54. The van der Waals surface area contributed by atoms with Crippen LogP contribution in [-0.2, 0) is 23.4 Å². The Morgan fingerprint density at radius 2 is 2.08 bits per heavy atom. The third-order valence-corrected chi connectivity index (χ3v) is 8.29. The monoisotopic (exact) mass is 576 g/mol. The molecule has 6 atom stereocenters. The highest BCUT2D eigenvalue weighted by molar-refractivity contribution is 7.52. The Morgan fingerprint density at radius 1 is 1.38 bits per heavy atom. The fraction of sp³-hybridized carbons (Fsp3) is 0.520. The first kappa shape index (κ1) is 29.7. The molecule has 5 N–H and O–H groups in total. The summed E-state index contributed by atoms with van der Waals surface area (Å²) in [6, 6.07) is 9.28. The fourth-order valence-corrected chi connectivity index (χ4v) is 6.24. The number of hydrogen-bond donors (Lipinski definition) is 4. The van der Waals surface area contributed by atoms with E-state index in [-0.39, 0.29) is 18.0 Å². The van der Waals surface area contributed by atoms with Crippen molar-refractivity contribution in [3.05, 3.63) is 42.1 Å². The number of aliphatic hydroxyl groups excluding tert-OH is 2. The van der Waals surface area contributed by atoms with Gasteiger partial charge in [0.2, 0.25) is 5.60 Å². The number of carbonyl (C=O) groups excluding carboxylic acids is 1. The van der Waals surface area contributed by atoms with Crippen LogP contribution in [0.25, 0.3) is 0 Å². The maximum absolute atomic E-state index is 14.0. The van der Waals surface area contributed by atoms with Gasteiger partial charge in [-0.25, -0.2) is 9.56 Å². The fourth-order valence-electron chi connectivity index (χ4n) is 4.56. The van der Waals surface area contributed by atoms with Crippen LogP contribution in [0.3, 0.4) is 0 Å². The molecule has 0 spiro atoms. The topological polar surface area (TPSA) is 201 Å². The van der Waals surface area contributed by atoms with Crippen molar-refractivity contribution in [2.24, 2.45) is 15.8 Å². The quantitative estimate of drug-likeness (QED) is 0.229. The van der Waals surface area contributed by atoms with E-state index in [1.807, 2.05) is 6.07 Å². The Bertz CT molecular complexity index is 1300. The number of para-hydroxylation sites is 1. The Kier molecular flexibility index (Phi) is 8.37. The molecule has 216 valence electrons. The van der Waals surface area contributed by atoms with E-state index in [1.54, 1.807) is 50.3 Å². The first-order valence-corrected chi connectivity index (χ1v) is 14.2. The number of aliphatic hydroxyl groups is 2. The molecule has 0 radical (unpaired) electrons. The van der Waals surface area contributed by atoms with Crippen molar-refractivity contribution >= 4 is 25.9 Å². The van der Waals surface area contributed by atoms with Crippen LogP contribution < -0.4 is 15.3 Å². The molecule has 0 aromatic heterocycles. The Labute approximate surface area is 231 Å². The summed E-state index contributed by atoms with van der Waals surface area (Å²) >= 11 is 0. The molecule has 4 rings (SSSR count). The summed E-state index contributed by atoms with van der Waals surface area (Å²) in [4.78, 5) is 16.6. The summed E-state index contributed by atoms with van der Waals surface area (Å²) in [5.74, 6) is -0.340. The number of carbonyl (C=O) groups is 1. The van der Waals surface area contributed by atoms with Gasteiger partial charge < -0.3 is 29.9 Å². The van der Waals surface area contributed by atoms with Crippen LogP contribution in [0.2, 0.25) is 0 Å². The van der Waals surface area contributed by atoms with Crippen molar-refractivity contribution < 1.29 is 38.1 Å². The van der Waals surface area contributed by atoms with Gasteiger partial charge in [0.05, 0.1) is 18.4 Å². The summed E-state index contributed by atoms with van der Waals surface area (Å²) in [7, 11) is -4.35. The minimum atomic E-state index is -4.35. The van der Waals surface area contributed by atoms with Crippen LogP contribution in [0.4, 0.5) is 0 Å². The molecule has 1 aromatic carbocycles. The number of fused-ring (bicyclic) bond motifs is 1. The predicted molar refractivity (Wildman–Crippen MR) is 143 cm³/mol. The number of nitrogens with two attached hydrogens (primary N) is 1. The van der Waals surface area contributed by atoms with Gasteiger partial charge in [0.1, 0.15) is 48.0 Å². The summed E-state index contributed by atoms with van der Waals surface area (Å²) in [5.41, 5.74) is 2.91. The lowest BCUT2D eigenvalue weighted by Gasteiger charge is -2.36. The van der Waals surface area contributed by atoms with Gasteiger partial charge in [-0.05, 0) is 46.2 Å². The number of amidine groups is 1. The van der Waals surface area contributed by atoms with Gasteiger partial charge in [0.25, 0.3) is 0 Å². The molecule has 14 nitrogen and oxygen atoms in total. The lowest BCUT2D eigenvalue weighted by Crippen LogP contribution is -2.56. The van der Waals surface area contributed by atoms with Crippen LogP contribution in [0.5, 0.6) is 5.75 Å². The Hall–Kier alpha value is -3.31. The molecule has 0 amide bonds. The molecule has 15 heteroatoms. The summed E-state index contributed by atoms with van der Waals surface area (Å²) in [5, 5.41) is 40.2. The zero-order valence-corrected chi connectivity index (χ0v) is 23.4. The van der Waals surface area contributed by atoms with Crippen LogP contribution in [-0.4, -0.2) is 81.6 Å². The number of hydrazone groups is 1. The zero-order chi connectivity index (χ0) is 29.3. The SMILES string of the molecule is CC(C)OC(=O)C(C)(C)NP(=O)(OC[C@H]1O[C@@](C#N)(C2CC=C3C(N)=NC=NN32)[C@H](O)[C@@H]1O)Oc1ccccc1. The van der Waals surface area contributed by atoms with Gasteiger partial charge in [-0.2, -0.15) is 15.5 Å². The second kappa shape index (κ2) is 11.3. The van der Waals surface area contributed by atoms with E-state index in [0.29, 0.717) is 5.70 Å². The first-order valence-electron chi connectivity index (χ1n) is 12.6. The summed E-state index contributed by atoms with van der Waals surface area (Å²) in [6.07, 6.45) is -1.89. The van der Waals surface area contributed by atoms with Gasteiger partial charge in [0.15, 0.2) is 5.84 Å². The molecule has 0 bridgehead atoms. The lowest BCUT2D eigenvalue weighted by molar-refractivity contribution is -0.153. The lowest BCUT2D eigenvalue weighted by atomic mass is 9.87. The minimum absolute atomic E-state index is 0.178. The van der Waals surface area contributed by atoms with Crippen LogP contribution in [0, 0.1) is 11.3 Å². The maximum atomic E-state index is 14.0. The van der Waals surface area contributed by atoms with Crippen molar-refractivity contribution in [3.8, 4) is 11.8 Å². The molecular formula is C25H33N6O8P. The molecule has 1 aromatic rings. The van der Waals surface area contributed by atoms with E-state index in [9.17, 15) is 24.8 Å². The Morgan fingerprint density at radius 3 is 2.73 bits per heavy atom. The standard InChI is InChI=1S/C25H33N6O8P/c1-15(2)37-23(34)24(3,4)30-40(35,39-16-8-6-5-7-9-16)36-12-18-20(32)21(33)25(13-26,38-18)19-11-10-17-22(27)28-14-29-31(17)19/h5-10,14-15,18-21,32-33H,11-12H2,1-4H3,(H,30,35)(H2,27,28,29)/t18-,19?,20-,21-,25+,40?/m1/s1. The second-order valence-electron chi connectivity index (χ2n) is 10.3. The van der Waals surface area contributed by atoms with Gasteiger partial charge in [-0.1, -0.05) is 24.3 Å². The number of aliphatic imine (C=N–C) groups is 1. The van der Waals surface area contributed by atoms with Gasteiger partial charge in [-0.15, -0.1) is 0 Å². The molecular weight excluding hydrogens is 543 g/mol. The number of esters is 1. The maximum Gasteiger partial charge on any atom is 0.459 e. The number of nitrogens with one attached hydrogen (secondary N) is 1. The second-order valence-corrected chi connectivity index (χ2v) is 12.0. The highest BCUT2D eigenvalue weighted by atomic mass is 31.2. The average molecular weight is 577 g/mol. The smallest absolute Gasteiger partial charge is 0.459 e. The number of nitriles is 1. The van der Waals surface area contributed by atoms with Crippen molar-refractivity contribution in [2.45, 2.75) is 75.7 Å². The highest BCUT2D eigenvalue weighted by Gasteiger charge is 2.62. The summed E-state index contributed by atoms with van der Waals surface area (Å²) < 4.78 is 36.5. The van der Waals surface area contributed by atoms with E-state index in [4.69, 9.17) is 24.3 Å². The molecule has 0 saturated carbocycles. The van der Waals surface area contributed by atoms with Crippen LogP contribution in [0.15, 0.2) is 52.2 Å². The van der Waals surface area contributed by atoms with E-state index < -0.39 is 61.9 Å². The van der Waals surface area contributed by atoms with E-state index >= 15 is 0 Å². The molecule has 3 aliphatic rings. The van der Waals surface area contributed by atoms with Crippen molar-refractivity contribution in [1.29, 1.82) is 5.26 Å². The van der Waals surface area contributed by atoms with Crippen molar-refractivity contribution in [3.63, 3.8) is 0 Å². The molecule has 40 heavy (non-hydrogen) atoms. The number of benzene rings is 1. The third kappa shape index (κ3) is 5.76. The third-order valence-electron chi connectivity index (χ3n) is 6.52. The normalized spacial score (nSPS) is 29.3. The minimum Gasteiger partial charge on any atom is -0.462 e. The van der Waals surface area contributed by atoms with Gasteiger partial charge in [0, 0.05) is 0 Å². The number of ether oxygens (including phenoxy) is 2. The number of hydrogen-bond acceptors (Lipinski definition) is 13. The molecule has 3 aliphatic heterocycles. The number of rotatable bonds is 10. The van der Waals surface area contributed by atoms with Gasteiger partial charge in [-0.3, -0.25) is 14.3 Å². The molecule has 3 heterocycles. The molecule has 1 saturated heterocycles. The van der Waals surface area contributed by atoms with E-state index in [0.717, 1.165) is 0 Å². The molecule has 0 aliphatic carbocycles. The van der Waals surface area contributed by atoms with E-state index in [1.165, 1.54) is 25.2 Å². The van der Waals surface area contributed by atoms with Crippen LogP contribution in [0.1, 0.15) is 34.1 Å². The van der Waals surface area contributed by atoms with Crippen molar-refractivity contribution in [1.82, 2.24) is 10.1 Å².